The molecule has 0 heterocycles. The fourth-order valence-corrected chi connectivity index (χ4v) is 1.14. The Morgan fingerprint density at radius 2 is 1.33 bits per heavy atom. The van der Waals surface area contributed by atoms with Gasteiger partial charge in [0.1, 0.15) is 5.54 Å². The first-order valence-corrected chi connectivity index (χ1v) is 4.58. The smallest absolute Gasteiger partial charge is 0.103 e. The number of hydrogen-bond donors (Lipinski definition) is 1. The normalized spacial score (nSPS) is 14.6. The number of thiol groups is 1. The van der Waals surface area contributed by atoms with Crippen molar-refractivity contribution in [2.75, 3.05) is 0 Å². The van der Waals surface area contributed by atoms with E-state index in [1.165, 1.54) is 0 Å². The van der Waals surface area contributed by atoms with Crippen LogP contribution in [0.15, 0.2) is 5.18 Å². The van der Waals surface area contributed by atoms with E-state index in [9.17, 15) is 4.91 Å². The lowest BCUT2D eigenvalue weighted by molar-refractivity contribution is 0.156. The Morgan fingerprint density at radius 1 is 1.00 bits per heavy atom. The van der Waals surface area contributed by atoms with Gasteiger partial charge in [-0.1, -0.05) is 32.9 Å². The first kappa shape index (κ1) is 11.9. The van der Waals surface area contributed by atoms with Crippen LogP contribution in [0.4, 0.5) is 0 Å². The van der Waals surface area contributed by atoms with E-state index in [1.54, 1.807) is 0 Å². The van der Waals surface area contributed by atoms with E-state index < -0.39 is 5.54 Å². The lowest BCUT2D eigenvalue weighted by atomic mass is 9.67. The monoisotopic (exact) mass is 189 g/mol. The van der Waals surface area contributed by atoms with Crippen LogP contribution in [0.2, 0.25) is 0 Å². The van der Waals surface area contributed by atoms with Gasteiger partial charge in [0, 0.05) is 10.2 Å². The maximum absolute atomic E-state index is 10.6. The molecule has 3 heteroatoms. The second kappa shape index (κ2) is 3.02. The zero-order valence-electron chi connectivity index (χ0n) is 8.80. The molecule has 0 saturated carbocycles. The van der Waals surface area contributed by atoms with Crippen LogP contribution in [0, 0.1) is 10.3 Å². The molecule has 72 valence electrons. The molecule has 0 rings (SSSR count). The molecule has 0 amide bonds. The topological polar surface area (TPSA) is 29.4 Å². The lowest BCUT2D eigenvalue weighted by Crippen LogP contribution is -2.49. The molecule has 0 unspecified atom stereocenters. The first-order valence-electron chi connectivity index (χ1n) is 4.13. The fraction of sp³-hybridized carbons (Fsp3) is 1.00. The SMILES string of the molecule is CC(C)(S)C(C)(C)C(C)(C)N=O. The molecule has 0 spiro atoms. The van der Waals surface area contributed by atoms with Crippen molar-refractivity contribution in [2.24, 2.45) is 10.6 Å². The Hall–Kier alpha value is -0.0500. The summed E-state index contributed by atoms with van der Waals surface area (Å²) < 4.78 is -0.218. The van der Waals surface area contributed by atoms with Crippen molar-refractivity contribution in [1.82, 2.24) is 0 Å². The molecule has 12 heavy (non-hydrogen) atoms. The first-order chi connectivity index (χ1) is 5.06. The van der Waals surface area contributed by atoms with E-state index in [0.717, 1.165) is 0 Å². The van der Waals surface area contributed by atoms with Gasteiger partial charge in [0.05, 0.1) is 0 Å². The molecule has 0 saturated heterocycles. The average molecular weight is 189 g/mol. The van der Waals surface area contributed by atoms with Crippen LogP contribution < -0.4 is 0 Å². The van der Waals surface area contributed by atoms with Crippen molar-refractivity contribution >= 4 is 12.6 Å². The van der Waals surface area contributed by atoms with Crippen LogP contribution in [-0.4, -0.2) is 10.3 Å². The molecular formula is C9H19NOS. The third-order valence-electron chi connectivity index (χ3n) is 3.29. The van der Waals surface area contributed by atoms with E-state index in [0.29, 0.717) is 0 Å². The van der Waals surface area contributed by atoms with Gasteiger partial charge >= 0.3 is 0 Å². The Labute approximate surface area is 80.5 Å². The van der Waals surface area contributed by atoms with Crippen molar-refractivity contribution < 1.29 is 0 Å². The summed E-state index contributed by atoms with van der Waals surface area (Å²) in [5, 5.41) is 3.16. The van der Waals surface area contributed by atoms with Gasteiger partial charge < -0.3 is 0 Å². The highest BCUT2D eigenvalue weighted by Gasteiger charge is 2.47. The summed E-state index contributed by atoms with van der Waals surface area (Å²) in [6.07, 6.45) is 0. The zero-order chi connectivity index (χ0) is 10.2. The molecule has 2 nitrogen and oxygen atoms in total. The Morgan fingerprint density at radius 3 is 1.42 bits per heavy atom. The summed E-state index contributed by atoms with van der Waals surface area (Å²) in [4.78, 5) is 10.6. The van der Waals surface area contributed by atoms with Crippen molar-refractivity contribution in [3.63, 3.8) is 0 Å². The van der Waals surface area contributed by atoms with Gasteiger partial charge in [0.25, 0.3) is 0 Å². The van der Waals surface area contributed by atoms with E-state index in [4.69, 9.17) is 0 Å². The Balaban J connectivity index is 4.97. The average Bonchev–Trinajstić information content (AvgIpc) is 1.85. The Bertz CT molecular complexity index is 179. The lowest BCUT2D eigenvalue weighted by Gasteiger charge is -2.45. The van der Waals surface area contributed by atoms with Gasteiger partial charge in [-0.05, 0) is 13.8 Å². The number of hydrogen-bond acceptors (Lipinski definition) is 3. The van der Waals surface area contributed by atoms with Gasteiger partial charge in [0.2, 0.25) is 0 Å². The molecule has 0 aromatic carbocycles. The third-order valence-corrected chi connectivity index (χ3v) is 3.85. The van der Waals surface area contributed by atoms with E-state index >= 15 is 0 Å². The highest BCUT2D eigenvalue weighted by Crippen LogP contribution is 2.46. The molecule has 0 aromatic heterocycles. The van der Waals surface area contributed by atoms with Crippen LogP contribution in [0.25, 0.3) is 0 Å². The third kappa shape index (κ3) is 1.82. The maximum atomic E-state index is 10.6. The quantitative estimate of drug-likeness (QED) is 0.536. The molecule has 0 fully saturated rings. The molecular weight excluding hydrogens is 170 g/mol. The highest BCUT2D eigenvalue weighted by atomic mass is 32.1. The summed E-state index contributed by atoms with van der Waals surface area (Å²) in [6.45, 7) is 11.7. The summed E-state index contributed by atoms with van der Waals surface area (Å²) in [5.74, 6) is 0. The number of rotatable bonds is 3. The van der Waals surface area contributed by atoms with Gasteiger partial charge in [-0.2, -0.15) is 17.5 Å². The van der Waals surface area contributed by atoms with Gasteiger partial charge in [-0.25, -0.2) is 0 Å². The van der Waals surface area contributed by atoms with Crippen LogP contribution in [0.1, 0.15) is 41.5 Å². The van der Waals surface area contributed by atoms with E-state index in [2.05, 4.69) is 17.8 Å². The van der Waals surface area contributed by atoms with Crippen LogP contribution in [0.5, 0.6) is 0 Å². The summed E-state index contributed by atoms with van der Waals surface area (Å²) in [5.41, 5.74) is -0.816. The summed E-state index contributed by atoms with van der Waals surface area (Å²) in [6, 6.07) is 0. The van der Waals surface area contributed by atoms with Crippen molar-refractivity contribution in [3.8, 4) is 0 Å². The molecule has 0 aliphatic carbocycles. The minimum absolute atomic E-state index is 0.218. The second-order valence-electron chi connectivity index (χ2n) is 4.83. The molecule has 0 aliphatic heterocycles. The molecule has 0 aromatic rings. The Kier molecular flexibility index (Phi) is 3.01. The van der Waals surface area contributed by atoms with Crippen LogP contribution in [-0.2, 0) is 0 Å². The standard InChI is InChI=1S/C9H19NOS/c1-7(2,9(5,6)12)8(3,4)10-11/h12H,1-6H3. The number of nitrogens with zero attached hydrogens (tertiary/aromatic N) is 1. The molecule has 0 N–H and O–H groups in total. The van der Waals surface area contributed by atoms with Crippen LogP contribution in [0.3, 0.4) is 0 Å². The fourth-order valence-electron chi connectivity index (χ4n) is 0.863. The predicted molar refractivity (Wildman–Crippen MR) is 56.7 cm³/mol. The van der Waals surface area contributed by atoms with E-state index in [-0.39, 0.29) is 10.2 Å². The van der Waals surface area contributed by atoms with Gasteiger partial charge in [0.15, 0.2) is 0 Å². The van der Waals surface area contributed by atoms with Crippen molar-refractivity contribution in [3.05, 3.63) is 4.91 Å². The predicted octanol–water partition coefficient (Wildman–Crippen LogP) is 3.27. The van der Waals surface area contributed by atoms with Crippen molar-refractivity contribution in [1.29, 1.82) is 0 Å². The second-order valence-corrected chi connectivity index (χ2v) is 5.95. The largest absolute Gasteiger partial charge is 0.172 e. The highest BCUT2D eigenvalue weighted by molar-refractivity contribution is 7.81. The van der Waals surface area contributed by atoms with Crippen LogP contribution >= 0.6 is 12.6 Å². The van der Waals surface area contributed by atoms with Gasteiger partial charge in [-0.15, -0.1) is 0 Å². The molecule has 0 radical (unpaired) electrons. The zero-order valence-corrected chi connectivity index (χ0v) is 9.70. The summed E-state index contributed by atoms with van der Waals surface area (Å²) >= 11 is 4.48. The number of nitroso groups, excluding NO2 is 1. The minimum atomic E-state index is -0.585. The minimum Gasteiger partial charge on any atom is -0.172 e. The van der Waals surface area contributed by atoms with Crippen molar-refractivity contribution in [2.45, 2.75) is 51.8 Å². The molecule has 0 atom stereocenters. The van der Waals surface area contributed by atoms with E-state index in [1.807, 2.05) is 41.5 Å². The molecule has 0 aliphatic rings. The maximum Gasteiger partial charge on any atom is 0.103 e. The van der Waals surface area contributed by atoms with Gasteiger partial charge in [-0.3, -0.25) is 0 Å². The summed E-state index contributed by atoms with van der Waals surface area (Å²) in [7, 11) is 0. The molecule has 0 bridgehead atoms.